The van der Waals surface area contributed by atoms with Crippen molar-refractivity contribution in [3.05, 3.63) is 23.9 Å². The number of nitrogens with zero attached hydrogens (tertiary/aromatic N) is 2. The summed E-state index contributed by atoms with van der Waals surface area (Å²) in [6.45, 7) is 1.36. The van der Waals surface area contributed by atoms with Gasteiger partial charge in [-0.25, -0.2) is 4.98 Å². The van der Waals surface area contributed by atoms with Gasteiger partial charge in [0.15, 0.2) is 0 Å². The van der Waals surface area contributed by atoms with Crippen LogP contribution < -0.4 is 5.32 Å². The van der Waals surface area contributed by atoms with Gasteiger partial charge in [0.25, 0.3) is 5.91 Å². The number of hydrogen-bond donors (Lipinski definition) is 1. The molecule has 0 aromatic carbocycles. The van der Waals surface area contributed by atoms with Crippen LogP contribution in [0.5, 0.6) is 0 Å². The number of alkyl halides is 3. The van der Waals surface area contributed by atoms with Crippen molar-refractivity contribution in [1.82, 2.24) is 9.88 Å². The van der Waals surface area contributed by atoms with E-state index in [1.54, 1.807) is 6.07 Å². The van der Waals surface area contributed by atoms with E-state index in [0.717, 1.165) is 11.3 Å². The van der Waals surface area contributed by atoms with E-state index in [9.17, 15) is 18.0 Å². The van der Waals surface area contributed by atoms with Crippen molar-refractivity contribution >= 4 is 11.7 Å². The molecule has 1 aromatic rings. The van der Waals surface area contributed by atoms with E-state index in [0.29, 0.717) is 25.2 Å². The molecule has 4 nitrogen and oxygen atoms in total. The van der Waals surface area contributed by atoms with E-state index in [-0.39, 0.29) is 11.6 Å². The number of pyridine rings is 1. The van der Waals surface area contributed by atoms with Gasteiger partial charge in [-0.3, -0.25) is 4.79 Å². The van der Waals surface area contributed by atoms with E-state index < -0.39 is 18.6 Å². The first-order chi connectivity index (χ1) is 9.92. The highest BCUT2D eigenvalue weighted by atomic mass is 19.4. The molecule has 0 spiro atoms. The number of carbonyl (C=O) groups is 1. The maximum absolute atomic E-state index is 12.6. The quantitative estimate of drug-likeness (QED) is 0.878. The van der Waals surface area contributed by atoms with Crippen LogP contribution in [0.2, 0.25) is 0 Å². The van der Waals surface area contributed by atoms with Crippen molar-refractivity contribution in [3.8, 4) is 0 Å². The predicted molar refractivity (Wildman–Crippen MR) is 73.1 cm³/mol. The second-order valence-corrected chi connectivity index (χ2v) is 5.11. The average Bonchev–Trinajstić information content (AvgIpc) is 3.25. The summed E-state index contributed by atoms with van der Waals surface area (Å²) in [6, 6.07) is 2.76. The van der Waals surface area contributed by atoms with Crippen molar-refractivity contribution in [2.45, 2.75) is 38.4 Å². The number of hydrogen-bond acceptors (Lipinski definition) is 3. The Labute approximate surface area is 121 Å². The molecule has 0 bridgehead atoms. The smallest absolute Gasteiger partial charge is 0.369 e. The van der Waals surface area contributed by atoms with Gasteiger partial charge in [0.2, 0.25) is 0 Å². The van der Waals surface area contributed by atoms with Gasteiger partial charge in [-0.2, -0.15) is 13.2 Å². The van der Waals surface area contributed by atoms with Gasteiger partial charge >= 0.3 is 6.18 Å². The number of rotatable bonds is 6. The number of nitrogens with one attached hydrogen (secondary N) is 1. The molecule has 1 aliphatic rings. The first-order valence-electron chi connectivity index (χ1n) is 6.99. The molecule has 1 heterocycles. The van der Waals surface area contributed by atoms with Crippen molar-refractivity contribution in [2.75, 3.05) is 18.4 Å². The summed E-state index contributed by atoms with van der Waals surface area (Å²) in [7, 11) is 0. The van der Waals surface area contributed by atoms with Gasteiger partial charge in [0, 0.05) is 18.8 Å². The summed E-state index contributed by atoms with van der Waals surface area (Å²) < 4.78 is 37.9. The van der Waals surface area contributed by atoms with E-state index >= 15 is 0 Å². The van der Waals surface area contributed by atoms with Gasteiger partial charge in [-0.1, -0.05) is 6.92 Å². The zero-order valence-electron chi connectivity index (χ0n) is 11.8. The molecule has 21 heavy (non-hydrogen) atoms. The van der Waals surface area contributed by atoms with E-state index in [1.807, 2.05) is 6.92 Å². The highest BCUT2D eigenvalue weighted by Gasteiger charge is 2.41. The topological polar surface area (TPSA) is 45.2 Å². The van der Waals surface area contributed by atoms with Gasteiger partial charge in [0.1, 0.15) is 12.4 Å². The van der Waals surface area contributed by atoms with Crippen LogP contribution >= 0.6 is 0 Å². The lowest BCUT2D eigenvalue weighted by Crippen LogP contribution is -2.40. The number of aromatic nitrogens is 1. The van der Waals surface area contributed by atoms with Crippen molar-refractivity contribution in [1.29, 1.82) is 0 Å². The highest BCUT2D eigenvalue weighted by Crippen LogP contribution is 2.32. The van der Waals surface area contributed by atoms with Gasteiger partial charge in [-0.15, -0.1) is 0 Å². The predicted octanol–water partition coefficient (Wildman–Crippen LogP) is 3.07. The molecule has 2 rings (SSSR count). The van der Waals surface area contributed by atoms with Crippen LogP contribution in [0.15, 0.2) is 18.3 Å². The number of anilines is 1. The molecule has 0 aliphatic heterocycles. The monoisotopic (exact) mass is 301 g/mol. The SMILES string of the molecule is CCCNc1ncccc1C(=O)N(CC(F)(F)F)C1CC1. The fourth-order valence-corrected chi connectivity index (χ4v) is 2.06. The summed E-state index contributed by atoms with van der Waals surface area (Å²) in [4.78, 5) is 17.4. The van der Waals surface area contributed by atoms with Crippen LogP contribution in [0.25, 0.3) is 0 Å². The Bertz CT molecular complexity index is 500. The molecule has 1 amide bonds. The number of halogens is 3. The van der Waals surface area contributed by atoms with Gasteiger partial charge in [-0.05, 0) is 31.4 Å². The Hall–Kier alpha value is -1.79. The van der Waals surface area contributed by atoms with E-state index in [4.69, 9.17) is 0 Å². The molecule has 1 aliphatic carbocycles. The first kappa shape index (κ1) is 15.6. The maximum Gasteiger partial charge on any atom is 0.406 e. The normalized spacial score (nSPS) is 14.9. The standard InChI is InChI=1S/C14H18F3N3O/c1-2-7-18-12-11(4-3-8-19-12)13(21)20(10-5-6-10)9-14(15,16)17/h3-4,8,10H,2,5-7,9H2,1H3,(H,18,19). The van der Waals surface area contributed by atoms with Crippen LogP contribution in [-0.2, 0) is 0 Å². The Morgan fingerprint density at radius 3 is 2.76 bits per heavy atom. The summed E-state index contributed by atoms with van der Waals surface area (Å²) >= 11 is 0. The number of amides is 1. The second kappa shape index (κ2) is 6.32. The molecule has 7 heteroatoms. The molecular weight excluding hydrogens is 283 g/mol. The van der Waals surface area contributed by atoms with Crippen LogP contribution in [0.4, 0.5) is 19.0 Å². The molecule has 1 saturated carbocycles. The lowest BCUT2D eigenvalue weighted by atomic mass is 10.2. The minimum absolute atomic E-state index is 0.196. The Morgan fingerprint density at radius 1 is 1.48 bits per heavy atom. The fraction of sp³-hybridized carbons (Fsp3) is 0.571. The zero-order valence-corrected chi connectivity index (χ0v) is 11.8. The van der Waals surface area contributed by atoms with Crippen LogP contribution in [-0.4, -0.2) is 41.1 Å². The van der Waals surface area contributed by atoms with Crippen LogP contribution in [0, 0.1) is 0 Å². The molecule has 116 valence electrons. The van der Waals surface area contributed by atoms with E-state index in [1.165, 1.54) is 12.3 Å². The van der Waals surface area contributed by atoms with Crippen molar-refractivity contribution in [3.63, 3.8) is 0 Å². The van der Waals surface area contributed by atoms with Crippen molar-refractivity contribution in [2.24, 2.45) is 0 Å². The van der Waals surface area contributed by atoms with Crippen molar-refractivity contribution < 1.29 is 18.0 Å². The minimum Gasteiger partial charge on any atom is -0.369 e. The average molecular weight is 301 g/mol. The third-order valence-corrected chi connectivity index (χ3v) is 3.18. The summed E-state index contributed by atoms with van der Waals surface area (Å²) in [5.41, 5.74) is 0.196. The first-order valence-corrected chi connectivity index (χ1v) is 6.99. The summed E-state index contributed by atoms with van der Waals surface area (Å²) in [6.07, 6.45) is -0.795. The van der Waals surface area contributed by atoms with Gasteiger partial charge in [0.05, 0.1) is 5.56 Å². The molecule has 0 atom stereocenters. The lowest BCUT2D eigenvalue weighted by molar-refractivity contribution is -0.141. The molecule has 0 saturated heterocycles. The molecule has 0 radical (unpaired) electrons. The summed E-state index contributed by atoms with van der Waals surface area (Å²) in [5, 5.41) is 2.98. The second-order valence-electron chi connectivity index (χ2n) is 5.11. The molecule has 0 unspecified atom stereocenters. The zero-order chi connectivity index (χ0) is 15.5. The molecule has 1 N–H and O–H groups in total. The maximum atomic E-state index is 12.6. The van der Waals surface area contributed by atoms with Gasteiger partial charge < -0.3 is 10.2 Å². The van der Waals surface area contributed by atoms with Crippen LogP contribution in [0.3, 0.4) is 0 Å². The van der Waals surface area contributed by atoms with E-state index in [2.05, 4.69) is 10.3 Å². The third-order valence-electron chi connectivity index (χ3n) is 3.18. The van der Waals surface area contributed by atoms with Crippen LogP contribution in [0.1, 0.15) is 36.5 Å². The summed E-state index contributed by atoms with van der Waals surface area (Å²) in [5.74, 6) is -0.265. The number of carbonyl (C=O) groups excluding carboxylic acids is 1. The Balaban J connectivity index is 2.20. The largest absolute Gasteiger partial charge is 0.406 e. The third kappa shape index (κ3) is 4.34. The minimum atomic E-state index is -4.39. The Morgan fingerprint density at radius 2 is 2.19 bits per heavy atom. The Kier molecular flexibility index (Phi) is 4.69. The molecular formula is C14H18F3N3O. The fourth-order valence-electron chi connectivity index (χ4n) is 2.06. The highest BCUT2D eigenvalue weighted by molar-refractivity contribution is 5.99. The lowest BCUT2D eigenvalue weighted by Gasteiger charge is -2.24. The molecule has 1 aromatic heterocycles. The molecule has 1 fully saturated rings.